The summed E-state index contributed by atoms with van der Waals surface area (Å²) in [7, 11) is 0. The number of hydrogen-bond acceptors (Lipinski definition) is 3. The van der Waals surface area contributed by atoms with Crippen molar-refractivity contribution in [2.75, 3.05) is 0 Å². The zero-order valence-electron chi connectivity index (χ0n) is 6.25. The maximum absolute atomic E-state index is 11.2. The molecule has 0 fully saturated rings. The summed E-state index contributed by atoms with van der Waals surface area (Å²) >= 11 is 11.3. The van der Waals surface area contributed by atoms with Crippen LogP contribution in [0, 0.1) is 0 Å². The number of aromatic nitrogens is 1. The van der Waals surface area contributed by atoms with Gasteiger partial charge in [0.15, 0.2) is 0 Å². The van der Waals surface area contributed by atoms with Crippen LogP contribution in [0.5, 0.6) is 0 Å². The van der Waals surface area contributed by atoms with Gasteiger partial charge in [0, 0.05) is 6.20 Å². The van der Waals surface area contributed by atoms with Crippen LogP contribution >= 0.6 is 23.2 Å². The molecule has 0 aliphatic rings. The number of hydrogen-bond donors (Lipinski definition) is 0. The number of pyridine rings is 1. The molecule has 5 heteroatoms. The Kier molecular flexibility index (Phi) is 1.98. The molecule has 3 nitrogen and oxygen atoms in total. The van der Waals surface area contributed by atoms with E-state index < -0.39 is 5.63 Å². The zero-order chi connectivity index (χ0) is 9.42. The minimum absolute atomic E-state index is 0.127. The zero-order valence-corrected chi connectivity index (χ0v) is 7.76. The van der Waals surface area contributed by atoms with Gasteiger partial charge in [0.2, 0.25) is 5.22 Å². The molecule has 0 amide bonds. The van der Waals surface area contributed by atoms with Crippen LogP contribution in [0.1, 0.15) is 0 Å². The average Bonchev–Trinajstić information content (AvgIpc) is 2.15. The molecule has 0 N–H and O–H groups in total. The first-order chi connectivity index (χ1) is 6.20. The summed E-state index contributed by atoms with van der Waals surface area (Å²) in [6, 6.07) is 3.21. The molecule has 2 rings (SSSR count). The molecule has 0 spiro atoms. The van der Waals surface area contributed by atoms with Crippen molar-refractivity contribution in [1.82, 2.24) is 4.98 Å². The number of halogens is 2. The lowest BCUT2D eigenvalue weighted by atomic mass is 10.3. The quantitative estimate of drug-likeness (QED) is 0.679. The molecule has 13 heavy (non-hydrogen) atoms. The van der Waals surface area contributed by atoms with Crippen LogP contribution in [-0.4, -0.2) is 4.98 Å². The molecule has 2 heterocycles. The van der Waals surface area contributed by atoms with Crippen LogP contribution in [-0.2, 0) is 0 Å². The summed E-state index contributed by atoms with van der Waals surface area (Å²) in [4.78, 5) is 15.1. The minimum Gasteiger partial charge on any atom is -0.409 e. The van der Waals surface area contributed by atoms with Crippen LogP contribution < -0.4 is 5.63 Å². The number of nitrogens with zero attached hydrogens (tertiary/aromatic N) is 1. The Hall–Kier alpha value is -1.06. The molecule has 66 valence electrons. The second kappa shape index (κ2) is 3.01. The van der Waals surface area contributed by atoms with Gasteiger partial charge < -0.3 is 4.42 Å². The summed E-state index contributed by atoms with van der Waals surface area (Å²) in [6.45, 7) is 0. The molecule has 0 saturated heterocycles. The molecule has 0 aliphatic carbocycles. The van der Waals surface area contributed by atoms with E-state index in [1.807, 2.05) is 0 Å². The van der Waals surface area contributed by atoms with Crippen molar-refractivity contribution in [1.29, 1.82) is 0 Å². The smallest absolute Gasteiger partial charge is 0.346 e. The largest absolute Gasteiger partial charge is 0.409 e. The predicted octanol–water partition coefficient (Wildman–Crippen LogP) is 2.49. The first kappa shape index (κ1) is 8.53. The molecule has 0 atom stereocenters. The van der Waals surface area contributed by atoms with Crippen LogP contribution in [0.2, 0.25) is 10.2 Å². The summed E-state index contributed by atoms with van der Waals surface area (Å²) < 4.78 is 4.66. The van der Waals surface area contributed by atoms with Crippen LogP contribution in [0.15, 0.2) is 27.5 Å². The third kappa shape index (κ3) is 1.30. The Morgan fingerprint density at radius 1 is 1.38 bits per heavy atom. The van der Waals surface area contributed by atoms with E-state index in [4.69, 9.17) is 23.2 Å². The highest BCUT2D eigenvalue weighted by atomic mass is 35.5. The normalized spacial score (nSPS) is 10.6. The summed E-state index contributed by atoms with van der Waals surface area (Å²) in [6.07, 6.45) is 1.53. The molecule has 2 aromatic heterocycles. The summed E-state index contributed by atoms with van der Waals surface area (Å²) in [5.41, 5.74) is -0.164. The number of rotatable bonds is 0. The van der Waals surface area contributed by atoms with Gasteiger partial charge in [-0.25, -0.2) is 4.79 Å². The van der Waals surface area contributed by atoms with Crippen molar-refractivity contribution < 1.29 is 4.42 Å². The van der Waals surface area contributed by atoms with Crippen molar-refractivity contribution >= 4 is 34.1 Å². The van der Waals surface area contributed by atoms with E-state index in [0.717, 1.165) is 0 Å². The van der Waals surface area contributed by atoms with E-state index in [9.17, 15) is 4.79 Å². The highest BCUT2D eigenvalue weighted by Crippen LogP contribution is 2.26. The Morgan fingerprint density at radius 3 is 2.92 bits per heavy atom. The first-order valence-electron chi connectivity index (χ1n) is 3.43. The van der Waals surface area contributed by atoms with Gasteiger partial charge in [-0.1, -0.05) is 11.6 Å². The Labute approximate surface area is 82.9 Å². The lowest BCUT2D eigenvalue weighted by Crippen LogP contribution is -2.00. The van der Waals surface area contributed by atoms with Gasteiger partial charge in [-0.15, -0.1) is 0 Å². The fourth-order valence-corrected chi connectivity index (χ4v) is 1.37. The molecule has 2 aromatic rings. The van der Waals surface area contributed by atoms with Gasteiger partial charge in [0.25, 0.3) is 0 Å². The highest BCUT2D eigenvalue weighted by molar-refractivity contribution is 6.43. The van der Waals surface area contributed by atoms with E-state index in [2.05, 4.69) is 9.40 Å². The Morgan fingerprint density at radius 2 is 2.15 bits per heavy atom. The second-order valence-electron chi connectivity index (χ2n) is 2.38. The van der Waals surface area contributed by atoms with Crippen LogP contribution in [0.3, 0.4) is 0 Å². The Balaban J connectivity index is 3.06. The molecular weight excluding hydrogens is 213 g/mol. The first-order valence-corrected chi connectivity index (χ1v) is 4.18. The standard InChI is InChI=1S/C8H3Cl2NO2/c9-5-6-4(2-1-3-11-6)8(12)13-7(5)10/h1-3H. The summed E-state index contributed by atoms with van der Waals surface area (Å²) in [5, 5.41) is 0.367. The van der Waals surface area contributed by atoms with E-state index in [1.54, 1.807) is 12.1 Å². The molecule has 0 bridgehead atoms. The van der Waals surface area contributed by atoms with Gasteiger partial charge >= 0.3 is 5.63 Å². The van der Waals surface area contributed by atoms with E-state index in [1.165, 1.54) is 6.20 Å². The number of fused-ring (bicyclic) bond motifs is 1. The third-order valence-electron chi connectivity index (χ3n) is 1.59. The Bertz CT molecular complexity index is 521. The predicted molar refractivity (Wildman–Crippen MR) is 50.3 cm³/mol. The maximum Gasteiger partial charge on any atom is 0.346 e. The molecule has 0 radical (unpaired) electrons. The van der Waals surface area contributed by atoms with Crippen molar-refractivity contribution in [3.8, 4) is 0 Å². The lowest BCUT2D eigenvalue weighted by Gasteiger charge is -1.97. The van der Waals surface area contributed by atoms with Crippen molar-refractivity contribution in [2.24, 2.45) is 0 Å². The minimum atomic E-state index is -0.530. The van der Waals surface area contributed by atoms with Gasteiger partial charge in [-0.3, -0.25) is 4.98 Å². The maximum atomic E-state index is 11.2. The second-order valence-corrected chi connectivity index (χ2v) is 3.10. The van der Waals surface area contributed by atoms with Crippen molar-refractivity contribution in [2.45, 2.75) is 0 Å². The molecule has 0 saturated carbocycles. The van der Waals surface area contributed by atoms with E-state index in [0.29, 0.717) is 10.9 Å². The van der Waals surface area contributed by atoms with Gasteiger partial charge in [-0.2, -0.15) is 0 Å². The van der Waals surface area contributed by atoms with Crippen LogP contribution in [0.25, 0.3) is 10.9 Å². The fraction of sp³-hybridized carbons (Fsp3) is 0. The fourth-order valence-electron chi connectivity index (χ4n) is 1.02. The van der Waals surface area contributed by atoms with Crippen molar-refractivity contribution in [3.05, 3.63) is 39.0 Å². The average molecular weight is 216 g/mol. The van der Waals surface area contributed by atoms with E-state index >= 15 is 0 Å². The molecule has 0 unspecified atom stereocenters. The summed E-state index contributed by atoms with van der Waals surface area (Å²) in [5.74, 6) is 0. The molecule has 0 aromatic carbocycles. The lowest BCUT2D eigenvalue weighted by molar-refractivity contribution is 0.521. The highest BCUT2D eigenvalue weighted by Gasteiger charge is 2.10. The van der Waals surface area contributed by atoms with Gasteiger partial charge in [0.05, 0.1) is 5.39 Å². The van der Waals surface area contributed by atoms with Gasteiger partial charge in [0.1, 0.15) is 10.5 Å². The monoisotopic (exact) mass is 215 g/mol. The molecule has 0 aliphatic heterocycles. The molecular formula is C8H3Cl2NO2. The third-order valence-corrected chi connectivity index (χ3v) is 2.30. The van der Waals surface area contributed by atoms with Crippen LogP contribution in [0.4, 0.5) is 0 Å². The van der Waals surface area contributed by atoms with Crippen molar-refractivity contribution in [3.63, 3.8) is 0 Å². The van der Waals surface area contributed by atoms with E-state index in [-0.39, 0.29) is 10.2 Å². The SMILES string of the molecule is O=c1oc(Cl)c(Cl)c2ncccc12. The topological polar surface area (TPSA) is 43.1 Å². The van der Waals surface area contributed by atoms with Gasteiger partial charge in [-0.05, 0) is 23.7 Å².